The van der Waals surface area contributed by atoms with E-state index in [9.17, 15) is 0 Å². The summed E-state index contributed by atoms with van der Waals surface area (Å²) in [6.45, 7) is 6.41. The van der Waals surface area contributed by atoms with Crippen LogP contribution in [0.1, 0.15) is 33.1 Å². The molecular formula is C15H23N3S. The summed E-state index contributed by atoms with van der Waals surface area (Å²) in [5, 5.41) is 7.32. The molecule has 1 saturated carbocycles. The van der Waals surface area contributed by atoms with Gasteiger partial charge in [-0.05, 0) is 69.6 Å². The summed E-state index contributed by atoms with van der Waals surface area (Å²) in [5.41, 5.74) is 2.31. The van der Waals surface area contributed by atoms with Crippen LogP contribution in [-0.4, -0.2) is 24.2 Å². The van der Waals surface area contributed by atoms with E-state index in [1.807, 2.05) is 0 Å². The van der Waals surface area contributed by atoms with Crippen LogP contribution in [0.5, 0.6) is 0 Å². The summed E-state index contributed by atoms with van der Waals surface area (Å²) in [4.78, 5) is 2.33. The highest BCUT2D eigenvalue weighted by Gasteiger charge is 2.17. The van der Waals surface area contributed by atoms with Crippen molar-refractivity contribution in [1.82, 2.24) is 5.32 Å². The lowest BCUT2D eigenvalue weighted by molar-refractivity contribution is 0.385. The third-order valence-electron chi connectivity index (χ3n) is 3.69. The predicted octanol–water partition coefficient (Wildman–Crippen LogP) is 3.37. The van der Waals surface area contributed by atoms with Crippen molar-refractivity contribution in [3.8, 4) is 0 Å². The van der Waals surface area contributed by atoms with E-state index in [0.29, 0.717) is 6.04 Å². The highest BCUT2D eigenvalue weighted by Crippen LogP contribution is 2.19. The van der Waals surface area contributed by atoms with Gasteiger partial charge in [-0.3, -0.25) is 0 Å². The Morgan fingerprint density at radius 2 is 1.84 bits per heavy atom. The number of nitrogens with zero attached hydrogens (tertiary/aromatic N) is 1. The summed E-state index contributed by atoms with van der Waals surface area (Å²) in [6, 6.07) is 9.03. The Morgan fingerprint density at radius 3 is 2.32 bits per heavy atom. The van der Waals surface area contributed by atoms with Crippen LogP contribution >= 0.6 is 12.2 Å². The van der Waals surface area contributed by atoms with Crippen molar-refractivity contribution in [1.29, 1.82) is 0 Å². The summed E-state index contributed by atoms with van der Waals surface area (Å²) in [6.07, 6.45) is 3.80. The van der Waals surface area contributed by atoms with Gasteiger partial charge in [0.15, 0.2) is 5.11 Å². The Morgan fingerprint density at radius 1 is 1.21 bits per heavy atom. The maximum absolute atomic E-state index is 5.31. The van der Waals surface area contributed by atoms with Crippen LogP contribution in [0, 0.1) is 0 Å². The minimum Gasteiger partial charge on any atom is -0.372 e. The van der Waals surface area contributed by atoms with Gasteiger partial charge in [0.25, 0.3) is 0 Å². The number of nitrogens with one attached hydrogen (secondary N) is 2. The molecule has 0 atom stereocenters. The molecule has 0 heterocycles. The van der Waals surface area contributed by atoms with Gasteiger partial charge in [0.1, 0.15) is 0 Å². The zero-order valence-corrected chi connectivity index (χ0v) is 12.6. The zero-order valence-electron chi connectivity index (χ0n) is 11.8. The van der Waals surface area contributed by atoms with E-state index in [1.54, 1.807) is 0 Å². The summed E-state index contributed by atoms with van der Waals surface area (Å²) in [7, 11) is 0. The molecule has 0 saturated heterocycles. The standard InChI is InChI=1S/C15H23N3S/c1-3-18(4-2)14-10-8-13(9-11-14)17-15(19)16-12-6-5-7-12/h8-12H,3-7H2,1-2H3,(H2,16,17,19). The van der Waals surface area contributed by atoms with Gasteiger partial charge in [-0.1, -0.05) is 0 Å². The number of rotatable bonds is 5. The van der Waals surface area contributed by atoms with E-state index in [-0.39, 0.29) is 0 Å². The summed E-state index contributed by atoms with van der Waals surface area (Å²) < 4.78 is 0. The van der Waals surface area contributed by atoms with Gasteiger partial charge in [-0.25, -0.2) is 0 Å². The molecule has 19 heavy (non-hydrogen) atoms. The normalized spacial score (nSPS) is 14.6. The van der Waals surface area contributed by atoms with Crippen molar-refractivity contribution >= 4 is 28.7 Å². The number of thiocarbonyl (C=S) groups is 1. The molecule has 1 aliphatic carbocycles. The summed E-state index contributed by atoms with van der Waals surface area (Å²) in [5.74, 6) is 0. The van der Waals surface area contributed by atoms with Crippen LogP contribution in [0.25, 0.3) is 0 Å². The zero-order chi connectivity index (χ0) is 13.7. The average Bonchev–Trinajstić information content (AvgIpc) is 2.37. The molecule has 0 aliphatic heterocycles. The minimum atomic E-state index is 0.579. The molecule has 104 valence electrons. The molecule has 0 radical (unpaired) electrons. The van der Waals surface area contributed by atoms with Crippen molar-refractivity contribution in [3.05, 3.63) is 24.3 Å². The molecule has 3 nitrogen and oxygen atoms in total. The van der Waals surface area contributed by atoms with Gasteiger partial charge in [0.2, 0.25) is 0 Å². The van der Waals surface area contributed by atoms with Crippen molar-refractivity contribution in [3.63, 3.8) is 0 Å². The molecule has 0 spiro atoms. The van der Waals surface area contributed by atoms with E-state index < -0.39 is 0 Å². The molecule has 1 fully saturated rings. The Hall–Kier alpha value is -1.29. The lowest BCUT2D eigenvalue weighted by atomic mass is 9.93. The first-order valence-corrected chi connectivity index (χ1v) is 7.56. The summed E-state index contributed by atoms with van der Waals surface area (Å²) >= 11 is 5.31. The van der Waals surface area contributed by atoms with E-state index in [0.717, 1.165) is 23.9 Å². The largest absolute Gasteiger partial charge is 0.372 e. The monoisotopic (exact) mass is 277 g/mol. The second-order valence-electron chi connectivity index (χ2n) is 4.95. The predicted molar refractivity (Wildman–Crippen MR) is 87.0 cm³/mol. The van der Waals surface area contributed by atoms with E-state index >= 15 is 0 Å². The van der Waals surface area contributed by atoms with Gasteiger partial charge < -0.3 is 15.5 Å². The lowest BCUT2D eigenvalue weighted by Crippen LogP contribution is -2.41. The van der Waals surface area contributed by atoms with Crippen molar-refractivity contribution in [2.75, 3.05) is 23.3 Å². The Labute approximate surface area is 121 Å². The van der Waals surface area contributed by atoms with Crippen molar-refractivity contribution in [2.24, 2.45) is 0 Å². The highest BCUT2D eigenvalue weighted by atomic mass is 32.1. The van der Waals surface area contributed by atoms with Gasteiger partial charge >= 0.3 is 0 Å². The third kappa shape index (κ3) is 3.83. The van der Waals surface area contributed by atoms with Crippen LogP contribution in [-0.2, 0) is 0 Å². The quantitative estimate of drug-likeness (QED) is 0.807. The molecule has 4 heteroatoms. The van der Waals surface area contributed by atoms with Gasteiger partial charge in [-0.2, -0.15) is 0 Å². The van der Waals surface area contributed by atoms with E-state index in [1.165, 1.54) is 24.9 Å². The molecule has 1 aromatic carbocycles. The van der Waals surface area contributed by atoms with Crippen LogP contribution in [0.15, 0.2) is 24.3 Å². The van der Waals surface area contributed by atoms with Gasteiger partial charge in [0, 0.05) is 30.5 Å². The second-order valence-corrected chi connectivity index (χ2v) is 5.35. The Balaban J connectivity index is 1.88. The van der Waals surface area contributed by atoms with E-state index in [2.05, 4.69) is 53.6 Å². The van der Waals surface area contributed by atoms with Gasteiger partial charge in [0.05, 0.1) is 0 Å². The number of hydrogen-bond acceptors (Lipinski definition) is 2. The number of benzene rings is 1. The van der Waals surface area contributed by atoms with Crippen LogP contribution in [0.2, 0.25) is 0 Å². The highest BCUT2D eigenvalue weighted by molar-refractivity contribution is 7.80. The first-order valence-electron chi connectivity index (χ1n) is 7.15. The van der Waals surface area contributed by atoms with Crippen LogP contribution < -0.4 is 15.5 Å². The van der Waals surface area contributed by atoms with Crippen LogP contribution in [0.4, 0.5) is 11.4 Å². The fraction of sp³-hybridized carbons (Fsp3) is 0.533. The molecule has 2 N–H and O–H groups in total. The SMILES string of the molecule is CCN(CC)c1ccc(NC(=S)NC2CCC2)cc1. The first kappa shape index (κ1) is 14.1. The second kappa shape index (κ2) is 6.75. The fourth-order valence-electron chi connectivity index (χ4n) is 2.25. The smallest absolute Gasteiger partial charge is 0.170 e. The Kier molecular flexibility index (Phi) is 5.02. The molecule has 0 bridgehead atoms. The molecule has 0 unspecified atom stereocenters. The molecular weight excluding hydrogens is 254 g/mol. The fourth-order valence-corrected chi connectivity index (χ4v) is 2.53. The first-order chi connectivity index (χ1) is 9.22. The maximum atomic E-state index is 5.31. The molecule has 0 amide bonds. The van der Waals surface area contributed by atoms with Gasteiger partial charge in [-0.15, -0.1) is 0 Å². The molecule has 0 aromatic heterocycles. The van der Waals surface area contributed by atoms with Crippen molar-refractivity contribution in [2.45, 2.75) is 39.2 Å². The maximum Gasteiger partial charge on any atom is 0.170 e. The Bertz CT molecular complexity index is 408. The topological polar surface area (TPSA) is 27.3 Å². The van der Waals surface area contributed by atoms with E-state index in [4.69, 9.17) is 12.2 Å². The molecule has 1 aromatic rings. The minimum absolute atomic E-state index is 0.579. The average molecular weight is 277 g/mol. The molecule has 1 aliphatic rings. The molecule has 2 rings (SSSR count). The number of anilines is 2. The van der Waals surface area contributed by atoms with Crippen LogP contribution in [0.3, 0.4) is 0 Å². The number of hydrogen-bond donors (Lipinski definition) is 2. The van der Waals surface area contributed by atoms with Crippen molar-refractivity contribution < 1.29 is 0 Å². The third-order valence-corrected chi connectivity index (χ3v) is 3.91. The lowest BCUT2D eigenvalue weighted by Gasteiger charge is -2.28.